The molecule has 0 amide bonds. The lowest BCUT2D eigenvalue weighted by molar-refractivity contribution is -0.354. The van der Waals surface area contributed by atoms with Crippen LogP contribution < -0.4 is 10.5 Å². The number of nitrogens with zero attached hydrogens (tertiary/aromatic N) is 1. The third kappa shape index (κ3) is 7.35. The minimum absolute atomic E-state index is 0.0606. The van der Waals surface area contributed by atoms with Crippen LogP contribution >= 0.6 is 0 Å². The molecular weight excluding hydrogens is 857 g/mol. The monoisotopic (exact) mass is 918 g/mol. The number of benzene rings is 2. The molecule has 4 bridgehead atoms. The van der Waals surface area contributed by atoms with Crippen molar-refractivity contribution in [2.75, 3.05) is 18.8 Å². The summed E-state index contributed by atoms with van der Waals surface area (Å²) in [6, 6.07) is 12.5. The zero-order valence-corrected chi connectivity index (χ0v) is 37.4. The van der Waals surface area contributed by atoms with Gasteiger partial charge in [-0.1, -0.05) is 38.1 Å². The van der Waals surface area contributed by atoms with Crippen molar-refractivity contribution >= 4 is 28.0 Å². The molecule has 4 aliphatic carbocycles. The van der Waals surface area contributed by atoms with Gasteiger partial charge < -0.3 is 55.7 Å². The highest BCUT2D eigenvalue weighted by molar-refractivity contribution is 7.79. The van der Waals surface area contributed by atoms with E-state index in [2.05, 4.69) is 11.8 Å². The molecule has 14 atom stereocenters. The van der Waals surface area contributed by atoms with Crippen LogP contribution in [0.25, 0.3) is 0 Å². The fraction of sp³-hybridized carbons (Fsp3) is 0.644. The Kier molecular flexibility index (Phi) is 12.2. The average Bonchev–Trinajstić information content (AvgIpc) is 3.37. The van der Waals surface area contributed by atoms with Crippen molar-refractivity contribution in [3.05, 3.63) is 65.7 Å². The Bertz CT molecular complexity index is 2270. The molecule has 0 radical (unpaired) electrons. The Morgan fingerprint density at radius 2 is 1.55 bits per heavy atom. The van der Waals surface area contributed by atoms with Gasteiger partial charge in [0.05, 0.1) is 11.7 Å². The largest absolute Gasteiger partial charge is 0.507 e. The Morgan fingerprint density at radius 3 is 2.17 bits per heavy atom. The minimum Gasteiger partial charge on any atom is -0.507 e. The summed E-state index contributed by atoms with van der Waals surface area (Å²) in [5.41, 5.74) is -3.02. The number of aromatic hydroxyl groups is 1. The number of ether oxygens (including phenoxy) is 3. The predicted molar refractivity (Wildman–Crippen MR) is 228 cm³/mol. The number of carbonyl (C=O) groups excluding carboxylic acids is 2. The minimum atomic E-state index is -4.67. The number of piperidine rings is 2. The van der Waals surface area contributed by atoms with Gasteiger partial charge in [0, 0.05) is 72.5 Å². The van der Waals surface area contributed by atoms with Gasteiger partial charge in [-0.25, -0.2) is 9.59 Å². The number of aliphatic hydroxyl groups is 6. The summed E-state index contributed by atoms with van der Waals surface area (Å²) in [6.07, 6.45) is 2.30. The highest BCUT2D eigenvalue weighted by Crippen LogP contribution is 2.78. The zero-order chi connectivity index (χ0) is 47.2. The Hall–Kier alpha value is -3.73. The van der Waals surface area contributed by atoms with Crippen molar-refractivity contribution < 1.29 is 77.1 Å². The van der Waals surface area contributed by atoms with Crippen LogP contribution in [0.3, 0.4) is 0 Å². The second-order valence-electron chi connectivity index (χ2n) is 19.6. The van der Waals surface area contributed by atoms with E-state index in [4.69, 9.17) is 37.5 Å². The van der Waals surface area contributed by atoms with E-state index < -0.39 is 91.5 Å². The van der Waals surface area contributed by atoms with E-state index in [1.165, 1.54) is 18.2 Å². The fourth-order valence-electron chi connectivity index (χ4n) is 13.2. The van der Waals surface area contributed by atoms with E-state index in [0.717, 1.165) is 6.42 Å². The molecule has 354 valence electrons. The molecule has 19 heteroatoms. The van der Waals surface area contributed by atoms with Gasteiger partial charge in [0.15, 0.2) is 6.10 Å². The summed E-state index contributed by atoms with van der Waals surface area (Å²) < 4.78 is 49.3. The number of esters is 2. The summed E-state index contributed by atoms with van der Waals surface area (Å²) >= 11 is 0. The van der Waals surface area contributed by atoms with Crippen LogP contribution in [-0.2, 0) is 24.7 Å². The van der Waals surface area contributed by atoms with E-state index in [9.17, 15) is 45.3 Å². The third-order valence-electron chi connectivity index (χ3n) is 16.2. The van der Waals surface area contributed by atoms with Crippen LogP contribution in [0, 0.1) is 29.1 Å². The van der Waals surface area contributed by atoms with E-state index in [1.54, 1.807) is 51.1 Å². The molecule has 7 fully saturated rings. The normalized spacial score (nSPS) is 43.1. The summed E-state index contributed by atoms with van der Waals surface area (Å²) in [5.74, 6) is -4.43. The summed E-state index contributed by atoms with van der Waals surface area (Å²) in [6.45, 7) is 10.1. The number of carbonyl (C=O) groups is 2. The molecule has 2 aromatic carbocycles. The van der Waals surface area contributed by atoms with Crippen LogP contribution in [0.2, 0.25) is 0 Å². The lowest BCUT2D eigenvalue weighted by Gasteiger charge is -2.68. The smallest absolute Gasteiger partial charge is 0.394 e. The standard InChI is InChI=1S/C32H49NO9.C13H11NO3.H2O4S/c1-6-18(3)25(35)41-24-11-12-26(4)19-8-9-20-28(37)13-23(34)31(39)21(29(28,38)16-30(20,26)42-32(19,24)40)15-33-14-17(2)7-10-22(33)27(31,5)36;14-9-6-7-11(12(15)8-9)13(16)17-10-4-2-1-3-5-10;1-5(2,3)4/h6,17,19-24,34,36-40H,7-16H2,1-5H3;1-8,15H,14H2;(H2,1,2,3,4). The number of hydrogen-bond acceptors (Lipinski definition) is 16. The van der Waals surface area contributed by atoms with Gasteiger partial charge in [-0.05, 0) is 89.5 Å². The molecule has 14 unspecified atom stereocenters. The highest BCUT2D eigenvalue weighted by Gasteiger charge is 2.88. The number of nitrogens with two attached hydrogens (primary N) is 1. The average molecular weight is 919 g/mol. The Labute approximate surface area is 372 Å². The van der Waals surface area contributed by atoms with Gasteiger partial charge in [0.2, 0.25) is 5.79 Å². The summed E-state index contributed by atoms with van der Waals surface area (Å²) in [5, 5.41) is 83.5. The first-order valence-corrected chi connectivity index (χ1v) is 23.2. The van der Waals surface area contributed by atoms with Crippen molar-refractivity contribution in [2.45, 2.75) is 138 Å². The SMILES string of the molecule is CC=C(C)C(=O)OC1CCC2(C)C3CCC4C5(O)CC(O)C6(O)C(CN7CC(C)CCC7C6(C)O)C5(O)CC42OC13O.Nc1ccc(C(=O)Oc2ccccc2)c(O)c1.O=S(=O)(O)O. The maximum absolute atomic E-state index is 12.9. The van der Waals surface area contributed by atoms with Gasteiger partial charge in [0.25, 0.3) is 0 Å². The maximum Gasteiger partial charge on any atom is 0.394 e. The molecule has 3 aliphatic heterocycles. The molecule has 0 aromatic heterocycles. The third-order valence-corrected chi connectivity index (χ3v) is 16.2. The fourth-order valence-corrected chi connectivity index (χ4v) is 13.2. The van der Waals surface area contributed by atoms with Crippen molar-refractivity contribution in [1.82, 2.24) is 4.90 Å². The molecule has 2 aromatic rings. The quantitative estimate of drug-likeness (QED) is 0.0693. The number of para-hydroxylation sites is 1. The molecule has 1 spiro atoms. The highest BCUT2D eigenvalue weighted by atomic mass is 32.3. The second kappa shape index (κ2) is 16.3. The predicted octanol–water partition coefficient (Wildman–Crippen LogP) is 2.53. The van der Waals surface area contributed by atoms with Crippen LogP contribution in [0.1, 0.15) is 96.3 Å². The number of allylic oxidation sites excluding steroid dienone is 1. The lowest BCUT2D eigenvalue weighted by atomic mass is 9.49. The first-order valence-electron chi connectivity index (χ1n) is 21.8. The number of nitrogen functional groups attached to an aromatic ring is 1. The van der Waals surface area contributed by atoms with Gasteiger partial charge >= 0.3 is 22.3 Å². The molecule has 4 saturated carbocycles. The number of phenols is 1. The summed E-state index contributed by atoms with van der Waals surface area (Å²) in [7, 11) is -4.67. The molecule has 18 nitrogen and oxygen atoms in total. The van der Waals surface area contributed by atoms with E-state index in [-0.39, 0.29) is 36.7 Å². The van der Waals surface area contributed by atoms with Crippen LogP contribution in [0.5, 0.6) is 11.5 Å². The second-order valence-corrected chi connectivity index (χ2v) is 20.5. The number of phenolic OH excluding ortho intramolecular Hbond substituents is 1. The van der Waals surface area contributed by atoms with Gasteiger partial charge in [-0.2, -0.15) is 8.42 Å². The van der Waals surface area contributed by atoms with Crippen molar-refractivity contribution in [1.29, 1.82) is 0 Å². The Morgan fingerprint density at radius 1 is 0.906 bits per heavy atom. The number of anilines is 1. The first kappa shape index (κ1) is 48.2. The first-order chi connectivity index (χ1) is 29.6. The number of fused-ring (bicyclic) bond motifs is 5. The molecule has 3 saturated heterocycles. The molecule has 64 heavy (non-hydrogen) atoms. The molecule has 7 aliphatic rings. The van der Waals surface area contributed by atoms with Crippen molar-refractivity contribution in [3.63, 3.8) is 0 Å². The van der Waals surface area contributed by atoms with Crippen molar-refractivity contribution in [3.8, 4) is 11.5 Å². The topological polar surface area (TPSA) is 307 Å². The number of hydrogen-bond donors (Lipinski definition) is 10. The van der Waals surface area contributed by atoms with Crippen LogP contribution in [0.15, 0.2) is 60.2 Å². The molecular formula is C45H62N2O16S. The van der Waals surface area contributed by atoms with Gasteiger partial charge in [-0.3, -0.25) is 14.0 Å². The summed E-state index contributed by atoms with van der Waals surface area (Å²) in [4.78, 5) is 26.6. The van der Waals surface area contributed by atoms with E-state index >= 15 is 0 Å². The molecule has 3 heterocycles. The lowest BCUT2D eigenvalue weighted by Crippen LogP contribution is -2.85. The number of aliphatic hydroxyl groups excluding tert-OH is 1. The van der Waals surface area contributed by atoms with Gasteiger partial charge in [0.1, 0.15) is 39.5 Å². The van der Waals surface area contributed by atoms with Gasteiger partial charge in [-0.15, -0.1) is 0 Å². The van der Waals surface area contributed by atoms with Crippen molar-refractivity contribution in [2.24, 2.45) is 29.1 Å². The van der Waals surface area contributed by atoms with E-state index in [1.807, 2.05) is 13.0 Å². The Balaban J connectivity index is 0.000000230. The van der Waals surface area contributed by atoms with E-state index in [0.29, 0.717) is 61.6 Å². The molecule has 9 rings (SSSR count). The zero-order valence-electron chi connectivity index (χ0n) is 36.6. The maximum atomic E-state index is 12.9. The molecule has 11 N–H and O–H groups in total. The number of rotatable bonds is 4. The van der Waals surface area contributed by atoms with Crippen LogP contribution in [0.4, 0.5) is 5.69 Å². The van der Waals surface area contributed by atoms with Crippen LogP contribution in [-0.4, -0.2) is 135 Å².